The number of hydrogen-bond donors (Lipinski definition) is 1. The number of rotatable bonds is 4. The van der Waals surface area contributed by atoms with Crippen LogP contribution in [-0.4, -0.2) is 26.4 Å². The fraction of sp³-hybridized carbons (Fsp3) is 0.167. The molecule has 0 bridgehead atoms. The largest absolute Gasteiger partial charge is 0.309 e. The Bertz CT molecular complexity index is 848. The number of fused-ring (bicyclic) bond motifs is 1. The van der Waals surface area contributed by atoms with E-state index in [1.54, 1.807) is 30.0 Å². The maximum absolute atomic E-state index is 12.0. The Hall–Kier alpha value is -1.09. The predicted octanol–water partition coefficient (Wildman–Crippen LogP) is 3.44. The van der Waals surface area contributed by atoms with Crippen molar-refractivity contribution in [3.8, 4) is 0 Å². The number of benzene rings is 1. The molecule has 1 N–H and O–H groups in total. The predicted molar refractivity (Wildman–Crippen MR) is 88.6 cm³/mol. The Morgan fingerprint density at radius 2 is 2.14 bits per heavy atom. The molecular formula is C12H9ClN4OS3. The summed E-state index contributed by atoms with van der Waals surface area (Å²) in [5.74, 6) is 1.13. The quantitative estimate of drug-likeness (QED) is 0.722. The lowest BCUT2D eigenvalue weighted by Gasteiger charge is -2.02. The highest BCUT2D eigenvalue weighted by Crippen LogP contribution is 2.29. The van der Waals surface area contributed by atoms with Gasteiger partial charge in [-0.3, -0.25) is 4.79 Å². The Morgan fingerprint density at radius 3 is 2.90 bits per heavy atom. The number of nitrogens with one attached hydrogen (secondary N) is 1. The van der Waals surface area contributed by atoms with Crippen LogP contribution in [0.1, 0.15) is 5.82 Å². The van der Waals surface area contributed by atoms with Crippen LogP contribution in [0.4, 0.5) is 0 Å². The molecular weight excluding hydrogens is 348 g/mol. The van der Waals surface area contributed by atoms with Crippen molar-refractivity contribution in [2.24, 2.45) is 0 Å². The van der Waals surface area contributed by atoms with Gasteiger partial charge in [-0.25, -0.2) is 4.98 Å². The highest BCUT2D eigenvalue weighted by molar-refractivity contribution is 8.02. The SMILES string of the molecule is CSc1nnc(SCc2nc3cc(Cl)ccc3c(=O)[nH]2)s1. The van der Waals surface area contributed by atoms with Crippen molar-refractivity contribution in [2.75, 3.05) is 6.26 Å². The molecule has 0 saturated heterocycles. The van der Waals surface area contributed by atoms with Crippen LogP contribution in [0.25, 0.3) is 10.9 Å². The zero-order valence-electron chi connectivity index (χ0n) is 10.8. The standard InChI is InChI=1S/C12H9ClN4OS3/c1-19-11-16-17-12(21-11)20-5-9-14-8-4-6(13)2-3-7(8)10(18)15-9/h2-4H,5H2,1H3,(H,14,15,18). The van der Waals surface area contributed by atoms with Crippen LogP contribution >= 0.6 is 46.5 Å². The molecule has 1 aromatic carbocycles. The molecule has 0 unspecified atom stereocenters. The molecule has 0 aliphatic heterocycles. The van der Waals surface area contributed by atoms with Crippen LogP contribution in [0.5, 0.6) is 0 Å². The van der Waals surface area contributed by atoms with Gasteiger partial charge < -0.3 is 4.98 Å². The Labute approximate surface area is 137 Å². The van der Waals surface area contributed by atoms with E-state index in [0.29, 0.717) is 27.5 Å². The van der Waals surface area contributed by atoms with Crippen molar-refractivity contribution in [1.82, 2.24) is 20.2 Å². The highest BCUT2D eigenvalue weighted by atomic mass is 35.5. The molecule has 0 fully saturated rings. The monoisotopic (exact) mass is 356 g/mol. The molecule has 3 rings (SSSR count). The van der Waals surface area contributed by atoms with E-state index in [-0.39, 0.29) is 5.56 Å². The molecule has 0 radical (unpaired) electrons. The summed E-state index contributed by atoms with van der Waals surface area (Å²) >= 11 is 10.5. The molecule has 0 amide bonds. The first kappa shape index (κ1) is 14.8. The number of H-pyrrole nitrogens is 1. The highest BCUT2D eigenvalue weighted by Gasteiger charge is 2.08. The summed E-state index contributed by atoms with van der Waals surface area (Å²) < 4.78 is 1.78. The van der Waals surface area contributed by atoms with Crippen LogP contribution in [0.2, 0.25) is 5.02 Å². The molecule has 2 aromatic heterocycles. The van der Waals surface area contributed by atoms with E-state index in [2.05, 4.69) is 20.2 Å². The van der Waals surface area contributed by atoms with Gasteiger partial charge in [-0.2, -0.15) is 0 Å². The van der Waals surface area contributed by atoms with Gasteiger partial charge in [0.05, 0.1) is 16.7 Å². The van der Waals surface area contributed by atoms with E-state index in [4.69, 9.17) is 11.6 Å². The molecule has 0 aliphatic rings. The summed E-state index contributed by atoms with van der Waals surface area (Å²) in [7, 11) is 0. The molecule has 108 valence electrons. The van der Waals surface area contributed by atoms with Gasteiger partial charge in [0.1, 0.15) is 5.82 Å². The molecule has 21 heavy (non-hydrogen) atoms. The van der Waals surface area contributed by atoms with E-state index in [0.717, 1.165) is 8.68 Å². The molecule has 0 spiro atoms. The molecule has 9 heteroatoms. The fourth-order valence-corrected chi connectivity index (χ4v) is 4.17. The number of thioether (sulfide) groups is 2. The lowest BCUT2D eigenvalue weighted by atomic mass is 10.2. The summed E-state index contributed by atoms with van der Waals surface area (Å²) in [6, 6.07) is 5.05. The average Bonchev–Trinajstić information content (AvgIpc) is 2.92. The zero-order valence-corrected chi connectivity index (χ0v) is 14.0. The first-order valence-corrected chi connectivity index (χ1v) is 9.25. The van der Waals surface area contributed by atoms with E-state index in [9.17, 15) is 4.79 Å². The third-order valence-electron chi connectivity index (χ3n) is 2.61. The van der Waals surface area contributed by atoms with Crippen molar-refractivity contribution in [3.05, 3.63) is 39.4 Å². The average molecular weight is 357 g/mol. The van der Waals surface area contributed by atoms with Gasteiger partial charge in [0, 0.05) is 5.02 Å². The summed E-state index contributed by atoms with van der Waals surface area (Å²) in [4.78, 5) is 19.2. The smallest absolute Gasteiger partial charge is 0.258 e. The first-order chi connectivity index (χ1) is 10.2. The van der Waals surface area contributed by atoms with Crippen LogP contribution in [-0.2, 0) is 5.75 Å². The van der Waals surface area contributed by atoms with E-state index >= 15 is 0 Å². The van der Waals surface area contributed by atoms with Gasteiger partial charge in [0.2, 0.25) is 0 Å². The summed E-state index contributed by atoms with van der Waals surface area (Å²) in [5.41, 5.74) is 0.443. The molecule has 0 saturated carbocycles. The summed E-state index contributed by atoms with van der Waals surface area (Å²) in [5, 5.41) is 9.20. The van der Waals surface area contributed by atoms with Gasteiger partial charge in [-0.05, 0) is 24.5 Å². The minimum Gasteiger partial charge on any atom is -0.309 e. The third kappa shape index (κ3) is 3.39. The van der Waals surface area contributed by atoms with Crippen molar-refractivity contribution >= 4 is 57.4 Å². The van der Waals surface area contributed by atoms with E-state index in [1.165, 1.54) is 23.1 Å². The second-order valence-corrected chi connectivity index (χ2v) is 7.69. The lowest BCUT2D eigenvalue weighted by molar-refractivity contribution is 0.953. The number of aromatic nitrogens is 4. The van der Waals surface area contributed by atoms with Crippen LogP contribution in [0.15, 0.2) is 31.7 Å². The van der Waals surface area contributed by atoms with Crippen LogP contribution < -0.4 is 5.56 Å². The van der Waals surface area contributed by atoms with E-state index in [1.807, 2.05) is 6.26 Å². The Morgan fingerprint density at radius 1 is 1.33 bits per heavy atom. The van der Waals surface area contributed by atoms with Gasteiger partial charge in [0.25, 0.3) is 5.56 Å². The molecule has 2 heterocycles. The molecule has 0 aliphatic carbocycles. The zero-order chi connectivity index (χ0) is 14.8. The van der Waals surface area contributed by atoms with Gasteiger partial charge >= 0.3 is 0 Å². The van der Waals surface area contributed by atoms with E-state index < -0.39 is 0 Å². The maximum atomic E-state index is 12.0. The minimum absolute atomic E-state index is 0.158. The normalized spacial score (nSPS) is 11.1. The third-order valence-corrected chi connectivity index (χ3v) is 5.89. The van der Waals surface area contributed by atoms with Crippen molar-refractivity contribution in [2.45, 2.75) is 14.4 Å². The van der Waals surface area contributed by atoms with Crippen molar-refractivity contribution < 1.29 is 0 Å². The number of nitrogens with zero attached hydrogens (tertiary/aromatic N) is 3. The minimum atomic E-state index is -0.158. The van der Waals surface area contributed by atoms with Gasteiger partial charge in [-0.15, -0.1) is 10.2 Å². The number of halogens is 1. The molecule has 0 atom stereocenters. The van der Waals surface area contributed by atoms with Gasteiger partial charge in [-0.1, -0.05) is 46.5 Å². The van der Waals surface area contributed by atoms with Crippen LogP contribution in [0, 0.1) is 0 Å². The summed E-state index contributed by atoms with van der Waals surface area (Å²) in [6.45, 7) is 0. The number of aromatic amines is 1. The van der Waals surface area contributed by atoms with Crippen LogP contribution in [0.3, 0.4) is 0 Å². The second kappa shape index (κ2) is 6.35. The Kier molecular flexibility index (Phi) is 4.48. The maximum Gasteiger partial charge on any atom is 0.258 e. The number of hydrogen-bond acceptors (Lipinski definition) is 7. The molecule has 5 nitrogen and oxygen atoms in total. The molecule has 3 aromatic rings. The topological polar surface area (TPSA) is 71.5 Å². The van der Waals surface area contributed by atoms with Crippen molar-refractivity contribution in [3.63, 3.8) is 0 Å². The fourth-order valence-electron chi connectivity index (χ4n) is 1.70. The second-order valence-electron chi connectivity index (χ2n) is 4.00. The summed E-state index contributed by atoms with van der Waals surface area (Å²) in [6.07, 6.45) is 1.96. The van der Waals surface area contributed by atoms with Gasteiger partial charge in [0.15, 0.2) is 8.68 Å². The lowest BCUT2D eigenvalue weighted by Crippen LogP contribution is -2.11. The Balaban J connectivity index is 1.85. The first-order valence-electron chi connectivity index (χ1n) is 5.84. The van der Waals surface area contributed by atoms with Crippen molar-refractivity contribution in [1.29, 1.82) is 0 Å².